The van der Waals surface area contributed by atoms with Crippen molar-refractivity contribution in [2.75, 3.05) is 5.75 Å². The number of allylic oxidation sites excluding steroid dienone is 3. The fourth-order valence-corrected chi connectivity index (χ4v) is 4.61. The third-order valence-electron chi connectivity index (χ3n) is 5.27. The lowest BCUT2D eigenvalue weighted by Crippen LogP contribution is -2.32. The first-order chi connectivity index (χ1) is 15.2. The summed E-state index contributed by atoms with van der Waals surface area (Å²) in [4.78, 5) is 32.6. The summed E-state index contributed by atoms with van der Waals surface area (Å²) < 4.78 is 7.06. The van der Waals surface area contributed by atoms with Gasteiger partial charge < -0.3 is 9.32 Å². The summed E-state index contributed by atoms with van der Waals surface area (Å²) in [5, 5.41) is 1.08. The number of amides is 1. The molecule has 0 spiro atoms. The third kappa shape index (κ3) is 4.82. The number of para-hydroxylation sites is 1. The van der Waals surface area contributed by atoms with Crippen molar-refractivity contribution in [1.82, 2.24) is 14.5 Å². The number of hydrogen-bond donors (Lipinski definition) is 0. The second-order valence-corrected chi connectivity index (χ2v) is 8.35. The second kappa shape index (κ2) is 9.83. The Morgan fingerprint density at radius 1 is 1.26 bits per heavy atom. The van der Waals surface area contributed by atoms with E-state index >= 15 is 0 Å². The molecule has 1 amide bonds. The zero-order valence-electron chi connectivity index (χ0n) is 17.3. The molecular weight excluding hydrogens is 410 g/mol. The van der Waals surface area contributed by atoms with Gasteiger partial charge in [0.25, 0.3) is 5.56 Å². The quantitative estimate of drug-likeness (QED) is 0.290. The van der Waals surface area contributed by atoms with E-state index in [1.54, 1.807) is 23.0 Å². The minimum absolute atomic E-state index is 0.0258. The predicted molar refractivity (Wildman–Crippen MR) is 123 cm³/mol. The van der Waals surface area contributed by atoms with E-state index < -0.39 is 0 Å². The Balaban J connectivity index is 1.59. The van der Waals surface area contributed by atoms with Crippen molar-refractivity contribution in [3.05, 3.63) is 83.2 Å². The van der Waals surface area contributed by atoms with E-state index in [0.717, 1.165) is 37.1 Å². The number of carbonyl (C=O) groups excluding carboxylic acids is 1. The maximum atomic E-state index is 13.2. The lowest BCUT2D eigenvalue weighted by molar-refractivity contribution is -0.127. The van der Waals surface area contributed by atoms with Crippen LogP contribution in [0.4, 0.5) is 0 Å². The van der Waals surface area contributed by atoms with Gasteiger partial charge in [-0.3, -0.25) is 14.2 Å². The van der Waals surface area contributed by atoms with Crippen molar-refractivity contribution in [1.29, 1.82) is 0 Å². The second-order valence-electron chi connectivity index (χ2n) is 7.41. The van der Waals surface area contributed by atoms with E-state index in [1.807, 2.05) is 35.2 Å². The van der Waals surface area contributed by atoms with Crippen LogP contribution in [0.5, 0.6) is 0 Å². The normalized spacial score (nSPS) is 13.7. The highest BCUT2D eigenvalue weighted by molar-refractivity contribution is 7.99. The van der Waals surface area contributed by atoms with Crippen molar-refractivity contribution in [3.63, 3.8) is 0 Å². The maximum absolute atomic E-state index is 13.2. The molecule has 160 valence electrons. The minimum atomic E-state index is -0.122. The van der Waals surface area contributed by atoms with Gasteiger partial charge in [-0.1, -0.05) is 36.0 Å². The summed E-state index contributed by atoms with van der Waals surface area (Å²) in [7, 11) is 0. The molecule has 0 bridgehead atoms. The molecule has 2 aromatic heterocycles. The minimum Gasteiger partial charge on any atom is -0.467 e. The maximum Gasteiger partial charge on any atom is 0.262 e. The van der Waals surface area contributed by atoms with Gasteiger partial charge in [0.2, 0.25) is 5.91 Å². The Morgan fingerprint density at radius 2 is 2.13 bits per heavy atom. The molecule has 0 N–H and O–H groups in total. The van der Waals surface area contributed by atoms with Crippen LogP contribution >= 0.6 is 11.8 Å². The Kier molecular flexibility index (Phi) is 6.72. The zero-order valence-corrected chi connectivity index (χ0v) is 18.1. The van der Waals surface area contributed by atoms with Crippen LogP contribution in [0.15, 0.2) is 81.5 Å². The number of furan rings is 1. The number of fused-ring (bicyclic) bond motifs is 1. The first-order valence-electron chi connectivity index (χ1n) is 10.4. The molecule has 0 unspecified atom stereocenters. The third-order valence-corrected chi connectivity index (χ3v) is 6.23. The summed E-state index contributed by atoms with van der Waals surface area (Å²) in [5.74, 6) is 0.902. The van der Waals surface area contributed by atoms with Gasteiger partial charge in [-0.05, 0) is 49.9 Å². The van der Waals surface area contributed by atoms with Gasteiger partial charge in [-0.25, -0.2) is 4.98 Å². The molecule has 1 aliphatic rings. The molecule has 4 rings (SSSR count). The Hall–Kier alpha value is -3.06. The van der Waals surface area contributed by atoms with Crippen LogP contribution in [-0.4, -0.2) is 26.1 Å². The lowest BCUT2D eigenvalue weighted by Gasteiger charge is -2.27. The predicted octanol–water partition coefficient (Wildman–Crippen LogP) is 4.75. The molecular formula is C24H25N3O3S. The van der Waals surface area contributed by atoms with E-state index in [2.05, 4.69) is 17.6 Å². The first-order valence-corrected chi connectivity index (χ1v) is 11.4. The largest absolute Gasteiger partial charge is 0.467 e. The lowest BCUT2D eigenvalue weighted by atomic mass is 10.0. The van der Waals surface area contributed by atoms with E-state index in [4.69, 9.17) is 4.42 Å². The SMILES string of the molecule is C=CCn1c(SCC(=O)N(Cc2ccco2)C2=CCCCC2)nc2ccccc2c1=O. The molecule has 0 atom stereocenters. The van der Waals surface area contributed by atoms with Gasteiger partial charge >= 0.3 is 0 Å². The number of thioether (sulfide) groups is 1. The average Bonchev–Trinajstić information content (AvgIpc) is 3.32. The van der Waals surface area contributed by atoms with E-state index in [0.29, 0.717) is 29.1 Å². The molecule has 31 heavy (non-hydrogen) atoms. The van der Waals surface area contributed by atoms with E-state index in [9.17, 15) is 9.59 Å². The summed E-state index contributed by atoms with van der Waals surface area (Å²) in [6, 6.07) is 11.0. The van der Waals surface area contributed by atoms with Crippen LogP contribution in [0.1, 0.15) is 31.4 Å². The van der Waals surface area contributed by atoms with Crippen molar-refractivity contribution in [2.45, 2.75) is 43.9 Å². The molecule has 1 aliphatic carbocycles. The molecule has 1 aromatic carbocycles. The smallest absolute Gasteiger partial charge is 0.262 e. The van der Waals surface area contributed by atoms with Crippen LogP contribution in [-0.2, 0) is 17.9 Å². The Morgan fingerprint density at radius 3 is 2.87 bits per heavy atom. The Bertz CT molecular complexity index is 1160. The number of nitrogens with zero attached hydrogens (tertiary/aromatic N) is 3. The highest BCUT2D eigenvalue weighted by Gasteiger charge is 2.22. The molecule has 0 saturated carbocycles. The van der Waals surface area contributed by atoms with Crippen LogP contribution in [0.2, 0.25) is 0 Å². The number of carbonyl (C=O) groups is 1. The molecule has 2 heterocycles. The topological polar surface area (TPSA) is 68.3 Å². The summed E-state index contributed by atoms with van der Waals surface area (Å²) in [6.45, 7) is 4.50. The van der Waals surface area contributed by atoms with E-state index in [-0.39, 0.29) is 17.2 Å². The van der Waals surface area contributed by atoms with Crippen molar-refractivity contribution in [3.8, 4) is 0 Å². The first kappa shape index (κ1) is 21.2. The molecule has 7 heteroatoms. The summed E-state index contributed by atoms with van der Waals surface area (Å²) in [6.07, 6.45) is 9.52. The fourth-order valence-electron chi connectivity index (χ4n) is 3.73. The average molecular weight is 436 g/mol. The monoisotopic (exact) mass is 435 g/mol. The van der Waals surface area contributed by atoms with Gasteiger partial charge in [0, 0.05) is 12.2 Å². The highest BCUT2D eigenvalue weighted by Crippen LogP contribution is 2.25. The molecule has 0 fully saturated rings. The molecule has 3 aromatic rings. The van der Waals surface area contributed by atoms with Crippen LogP contribution in [0.3, 0.4) is 0 Å². The Labute approximate surface area is 185 Å². The summed E-state index contributed by atoms with van der Waals surface area (Å²) >= 11 is 1.28. The fraction of sp³-hybridized carbons (Fsp3) is 0.292. The van der Waals surface area contributed by atoms with Crippen LogP contribution in [0, 0.1) is 0 Å². The van der Waals surface area contributed by atoms with Crippen molar-refractivity contribution in [2.24, 2.45) is 0 Å². The number of rotatable bonds is 8. The van der Waals surface area contributed by atoms with Crippen molar-refractivity contribution < 1.29 is 9.21 Å². The van der Waals surface area contributed by atoms with Gasteiger partial charge in [-0.2, -0.15) is 0 Å². The number of hydrogen-bond acceptors (Lipinski definition) is 5. The van der Waals surface area contributed by atoms with E-state index in [1.165, 1.54) is 11.8 Å². The van der Waals surface area contributed by atoms with Gasteiger partial charge in [0.05, 0.1) is 29.5 Å². The van der Waals surface area contributed by atoms with Crippen molar-refractivity contribution >= 4 is 28.6 Å². The van der Waals surface area contributed by atoms with Gasteiger partial charge in [0.15, 0.2) is 5.16 Å². The molecule has 6 nitrogen and oxygen atoms in total. The zero-order chi connectivity index (χ0) is 21.6. The number of benzene rings is 1. The van der Waals surface area contributed by atoms with Crippen LogP contribution < -0.4 is 5.56 Å². The number of aromatic nitrogens is 2. The standard InChI is InChI=1S/C24H25N3O3S/c1-2-14-26-23(29)20-12-6-7-13-21(20)25-24(26)31-17-22(28)27(16-19-11-8-15-30-19)18-9-4-3-5-10-18/h2,6-9,11-13,15H,1,3-5,10,14,16-17H2. The molecule has 0 aliphatic heterocycles. The highest BCUT2D eigenvalue weighted by atomic mass is 32.2. The van der Waals surface area contributed by atoms with Gasteiger partial charge in [0.1, 0.15) is 5.76 Å². The molecule has 0 radical (unpaired) electrons. The van der Waals surface area contributed by atoms with Gasteiger partial charge in [-0.15, -0.1) is 6.58 Å². The summed E-state index contributed by atoms with van der Waals surface area (Å²) in [5.41, 5.74) is 1.55. The molecule has 0 saturated heterocycles. The van der Waals surface area contributed by atoms with Crippen LogP contribution in [0.25, 0.3) is 10.9 Å².